The Morgan fingerprint density at radius 2 is 2.13 bits per heavy atom. The van der Waals surface area contributed by atoms with Crippen molar-refractivity contribution in [1.82, 2.24) is 9.78 Å². The molecule has 1 unspecified atom stereocenters. The van der Waals surface area contributed by atoms with Gasteiger partial charge in [-0.1, -0.05) is 6.07 Å². The second kappa shape index (κ2) is 6.26. The number of nitrogens with zero attached hydrogens (tertiary/aromatic N) is 3. The first-order chi connectivity index (χ1) is 10.8. The maximum atomic E-state index is 12.2. The topological polar surface area (TPSA) is 127 Å². The number of aromatic carboxylic acids is 1. The van der Waals surface area contributed by atoms with E-state index in [0.29, 0.717) is 5.56 Å². The van der Waals surface area contributed by atoms with E-state index in [0.717, 1.165) is 6.20 Å². The largest absolute Gasteiger partial charge is 0.478 e. The molecule has 0 fully saturated rings. The van der Waals surface area contributed by atoms with Gasteiger partial charge in [-0.05, 0) is 25.5 Å². The third kappa shape index (κ3) is 3.51. The molecule has 0 saturated heterocycles. The van der Waals surface area contributed by atoms with Gasteiger partial charge in [-0.15, -0.1) is 0 Å². The standard InChI is InChI=1S/C14H14N4O5/c1-8-3-4-11(12(5-8)18(22)23)16-13(19)9(2)17-7-10(6-15-17)14(20)21/h3-7,9H,1-2H3,(H,16,19)(H,20,21). The predicted octanol–water partition coefficient (Wildman–Crippen LogP) is 2.00. The van der Waals surface area contributed by atoms with E-state index in [1.165, 1.54) is 29.9 Å². The van der Waals surface area contributed by atoms with Crippen LogP contribution in [-0.4, -0.2) is 31.7 Å². The number of carbonyl (C=O) groups excluding carboxylic acids is 1. The smallest absolute Gasteiger partial charge is 0.338 e. The maximum absolute atomic E-state index is 12.2. The average Bonchev–Trinajstić information content (AvgIpc) is 2.98. The number of hydrogen-bond acceptors (Lipinski definition) is 5. The third-order valence-corrected chi connectivity index (χ3v) is 3.23. The highest BCUT2D eigenvalue weighted by atomic mass is 16.6. The minimum Gasteiger partial charge on any atom is -0.478 e. The third-order valence-electron chi connectivity index (χ3n) is 3.23. The van der Waals surface area contributed by atoms with E-state index in [4.69, 9.17) is 5.11 Å². The number of nitro groups is 1. The number of rotatable bonds is 5. The van der Waals surface area contributed by atoms with E-state index in [9.17, 15) is 19.7 Å². The van der Waals surface area contributed by atoms with E-state index in [2.05, 4.69) is 10.4 Å². The molecule has 1 aromatic heterocycles. The fourth-order valence-corrected chi connectivity index (χ4v) is 1.92. The number of benzene rings is 1. The highest BCUT2D eigenvalue weighted by Gasteiger charge is 2.21. The minimum atomic E-state index is -1.15. The molecule has 2 rings (SSSR count). The summed E-state index contributed by atoms with van der Waals surface area (Å²) in [6.45, 7) is 3.21. The van der Waals surface area contributed by atoms with Crippen molar-refractivity contribution in [3.63, 3.8) is 0 Å². The molecule has 0 saturated carbocycles. The molecule has 120 valence electrons. The van der Waals surface area contributed by atoms with Crippen LogP contribution in [-0.2, 0) is 4.79 Å². The fourth-order valence-electron chi connectivity index (χ4n) is 1.92. The number of nitrogens with one attached hydrogen (secondary N) is 1. The van der Waals surface area contributed by atoms with Crippen LogP contribution in [0.15, 0.2) is 30.6 Å². The van der Waals surface area contributed by atoms with Gasteiger partial charge in [0.25, 0.3) is 5.69 Å². The van der Waals surface area contributed by atoms with Crippen molar-refractivity contribution in [2.45, 2.75) is 19.9 Å². The molecule has 23 heavy (non-hydrogen) atoms. The Labute approximate surface area is 130 Å². The van der Waals surface area contributed by atoms with Gasteiger partial charge >= 0.3 is 5.97 Å². The number of nitro benzene ring substituents is 1. The van der Waals surface area contributed by atoms with Crippen molar-refractivity contribution in [3.8, 4) is 0 Å². The van der Waals surface area contributed by atoms with Crippen molar-refractivity contribution < 1.29 is 19.6 Å². The second-order valence-corrected chi connectivity index (χ2v) is 4.96. The first kappa shape index (κ1) is 16.1. The molecule has 0 aliphatic carbocycles. The van der Waals surface area contributed by atoms with Gasteiger partial charge < -0.3 is 10.4 Å². The van der Waals surface area contributed by atoms with Crippen LogP contribution in [0.5, 0.6) is 0 Å². The monoisotopic (exact) mass is 318 g/mol. The predicted molar refractivity (Wildman–Crippen MR) is 80.4 cm³/mol. The zero-order valence-corrected chi connectivity index (χ0v) is 12.4. The summed E-state index contributed by atoms with van der Waals surface area (Å²) in [4.78, 5) is 33.5. The highest BCUT2D eigenvalue weighted by molar-refractivity contribution is 5.95. The van der Waals surface area contributed by atoms with Crippen molar-refractivity contribution in [2.75, 3.05) is 5.32 Å². The van der Waals surface area contributed by atoms with Crippen LogP contribution < -0.4 is 5.32 Å². The Morgan fingerprint density at radius 3 is 2.70 bits per heavy atom. The molecular formula is C14H14N4O5. The van der Waals surface area contributed by atoms with Crippen LogP contribution in [0.2, 0.25) is 0 Å². The molecule has 1 atom stereocenters. The highest BCUT2D eigenvalue weighted by Crippen LogP contribution is 2.26. The lowest BCUT2D eigenvalue weighted by Crippen LogP contribution is -2.24. The van der Waals surface area contributed by atoms with Gasteiger partial charge in [-0.2, -0.15) is 5.10 Å². The van der Waals surface area contributed by atoms with Gasteiger partial charge in [-0.3, -0.25) is 19.6 Å². The molecular weight excluding hydrogens is 304 g/mol. The first-order valence-electron chi connectivity index (χ1n) is 6.63. The first-order valence-corrected chi connectivity index (χ1v) is 6.63. The number of carbonyl (C=O) groups is 2. The molecule has 2 N–H and O–H groups in total. The van der Waals surface area contributed by atoms with E-state index < -0.39 is 22.8 Å². The zero-order valence-electron chi connectivity index (χ0n) is 12.4. The summed E-state index contributed by atoms with van der Waals surface area (Å²) in [5.74, 6) is -1.70. The number of aryl methyl sites for hydroxylation is 1. The van der Waals surface area contributed by atoms with E-state index >= 15 is 0 Å². The summed E-state index contributed by atoms with van der Waals surface area (Å²) >= 11 is 0. The van der Waals surface area contributed by atoms with Gasteiger partial charge in [0.2, 0.25) is 5.91 Å². The Morgan fingerprint density at radius 1 is 1.43 bits per heavy atom. The van der Waals surface area contributed by atoms with Crippen LogP contribution in [0.25, 0.3) is 0 Å². The summed E-state index contributed by atoms with van der Waals surface area (Å²) in [5, 5.41) is 26.2. The van der Waals surface area contributed by atoms with Crippen LogP contribution in [0.3, 0.4) is 0 Å². The van der Waals surface area contributed by atoms with Crippen molar-refractivity contribution in [1.29, 1.82) is 0 Å². The quantitative estimate of drug-likeness (QED) is 0.641. The van der Waals surface area contributed by atoms with Gasteiger partial charge in [0.1, 0.15) is 11.7 Å². The molecule has 0 bridgehead atoms. The van der Waals surface area contributed by atoms with Crippen molar-refractivity contribution in [2.24, 2.45) is 0 Å². The molecule has 2 aromatic rings. The Balaban J connectivity index is 2.21. The number of aromatic nitrogens is 2. The van der Waals surface area contributed by atoms with Gasteiger partial charge in [0, 0.05) is 12.3 Å². The molecule has 1 amide bonds. The minimum absolute atomic E-state index is 0.0500. The van der Waals surface area contributed by atoms with Crippen LogP contribution >= 0.6 is 0 Å². The molecule has 0 radical (unpaired) electrons. The number of hydrogen-bond donors (Lipinski definition) is 2. The van der Waals surface area contributed by atoms with Crippen LogP contribution in [0.4, 0.5) is 11.4 Å². The fraction of sp³-hybridized carbons (Fsp3) is 0.214. The lowest BCUT2D eigenvalue weighted by atomic mass is 10.2. The van der Waals surface area contributed by atoms with E-state index in [1.807, 2.05) is 0 Å². The summed E-state index contributed by atoms with van der Waals surface area (Å²) < 4.78 is 1.18. The summed E-state index contributed by atoms with van der Waals surface area (Å²) in [6.07, 6.45) is 2.34. The molecule has 0 aliphatic rings. The molecule has 9 heteroatoms. The second-order valence-electron chi connectivity index (χ2n) is 4.96. The zero-order chi connectivity index (χ0) is 17.1. The maximum Gasteiger partial charge on any atom is 0.338 e. The summed E-state index contributed by atoms with van der Waals surface area (Å²) in [7, 11) is 0. The number of carboxylic acid groups (broad SMARTS) is 1. The van der Waals surface area contributed by atoms with Crippen LogP contribution in [0.1, 0.15) is 28.9 Å². The number of anilines is 1. The Bertz CT molecular complexity index is 783. The van der Waals surface area contributed by atoms with Gasteiger partial charge in [0.05, 0.1) is 16.7 Å². The molecule has 0 spiro atoms. The average molecular weight is 318 g/mol. The van der Waals surface area contributed by atoms with E-state index in [1.54, 1.807) is 13.0 Å². The van der Waals surface area contributed by atoms with Crippen molar-refractivity contribution in [3.05, 3.63) is 51.8 Å². The van der Waals surface area contributed by atoms with Gasteiger partial charge in [-0.25, -0.2) is 4.79 Å². The Kier molecular flexibility index (Phi) is 4.39. The molecule has 0 aliphatic heterocycles. The Hall–Kier alpha value is -3.23. The number of carboxylic acids is 1. The van der Waals surface area contributed by atoms with Crippen molar-refractivity contribution >= 4 is 23.3 Å². The van der Waals surface area contributed by atoms with E-state index in [-0.39, 0.29) is 16.9 Å². The lowest BCUT2D eigenvalue weighted by molar-refractivity contribution is -0.384. The molecule has 9 nitrogen and oxygen atoms in total. The lowest BCUT2D eigenvalue weighted by Gasteiger charge is -2.13. The molecule has 1 heterocycles. The normalized spacial score (nSPS) is 11.7. The van der Waals surface area contributed by atoms with Gasteiger partial charge in [0.15, 0.2) is 0 Å². The SMILES string of the molecule is Cc1ccc(NC(=O)C(C)n2cc(C(=O)O)cn2)c([N+](=O)[O-])c1. The summed E-state index contributed by atoms with van der Waals surface area (Å²) in [5.41, 5.74) is 0.507. The number of amides is 1. The van der Waals surface area contributed by atoms with Crippen LogP contribution in [0, 0.1) is 17.0 Å². The molecule has 1 aromatic carbocycles. The summed E-state index contributed by atoms with van der Waals surface area (Å²) in [6, 6.07) is 3.62.